The normalized spacial score (nSPS) is 12.0. The van der Waals surface area contributed by atoms with E-state index in [0.29, 0.717) is 23.4 Å². The molecule has 12 aromatic rings. The first-order chi connectivity index (χ1) is 27.2. The van der Waals surface area contributed by atoms with Crippen LogP contribution in [0.15, 0.2) is 167 Å². The number of fused-ring (bicyclic) bond motifs is 10. The highest BCUT2D eigenvalue weighted by Gasteiger charge is 2.20. The number of benzene rings is 8. The molecule has 4 heterocycles. The number of aromatic nitrogens is 4. The second-order valence-electron chi connectivity index (χ2n) is 13.8. The van der Waals surface area contributed by atoms with Crippen LogP contribution < -0.4 is 0 Å². The van der Waals surface area contributed by atoms with Gasteiger partial charge in [-0.1, -0.05) is 103 Å². The van der Waals surface area contributed by atoms with Crippen LogP contribution in [0.1, 0.15) is 0 Å². The Hall–Kier alpha value is -7.22. The Labute approximate surface area is 317 Å². The number of hydrogen-bond acceptors (Lipinski definition) is 7. The fourth-order valence-corrected chi connectivity index (χ4v) is 9.14. The van der Waals surface area contributed by atoms with Crippen LogP contribution in [0, 0.1) is 0 Å². The van der Waals surface area contributed by atoms with Crippen LogP contribution in [0.25, 0.3) is 120 Å². The average molecular weight is 723 g/mol. The Morgan fingerprint density at radius 1 is 0.400 bits per heavy atom. The molecule has 12 rings (SSSR count). The molecule has 6 nitrogen and oxygen atoms in total. The lowest BCUT2D eigenvalue weighted by Gasteiger charge is -2.11. The molecule has 0 fully saturated rings. The van der Waals surface area contributed by atoms with Crippen molar-refractivity contribution in [2.24, 2.45) is 0 Å². The first kappa shape index (κ1) is 30.3. The molecule has 0 N–H and O–H groups in total. The van der Waals surface area contributed by atoms with Gasteiger partial charge < -0.3 is 8.83 Å². The molecule has 0 atom stereocenters. The molecule has 0 amide bonds. The molecule has 0 saturated heterocycles. The third-order valence-corrected chi connectivity index (χ3v) is 11.8. The summed E-state index contributed by atoms with van der Waals surface area (Å²) in [5, 5.41) is 8.69. The molecule has 7 heteroatoms. The molecule has 0 spiro atoms. The van der Waals surface area contributed by atoms with E-state index in [1.54, 1.807) is 11.3 Å². The molecule has 4 aromatic heterocycles. The van der Waals surface area contributed by atoms with Crippen molar-refractivity contribution in [1.29, 1.82) is 0 Å². The van der Waals surface area contributed by atoms with Gasteiger partial charge in [0, 0.05) is 47.8 Å². The second kappa shape index (κ2) is 11.6. The van der Waals surface area contributed by atoms with Gasteiger partial charge in [0.25, 0.3) is 0 Å². The van der Waals surface area contributed by atoms with Gasteiger partial charge in [0.1, 0.15) is 16.7 Å². The molecule has 0 aliphatic heterocycles. The first-order valence-corrected chi connectivity index (χ1v) is 18.9. The van der Waals surface area contributed by atoms with Gasteiger partial charge >= 0.3 is 0 Å². The van der Waals surface area contributed by atoms with Crippen molar-refractivity contribution in [3.8, 4) is 45.6 Å². The number of hydrogen-bond donors (Lipinski definition) is 0. The van der Waals surface area contributed by atoms with Gasteiger partial charge in [0.15, 0.2) is 23.1 Å². The van der Waals surface area contributed by atoms with Crippen molar-refractivity contribution in [2.75, 3.05) is 0 Å². The van der Waals surface area contributed by atoms with Gasteiger partial charge in [-0.2, -0.15) is 0 Å². The predicted molar refractivity (Wildman–Crippen MR) is 224 cm³/mol. The lowest BCUT2D eigenvalue weighted by Crippen LogP contribution is -2.00. The van der Waals surface area contributed by atoms with E-state index in [-0.39, 0.29) is 0 Å². The zero-order valence-corrected chi connectivity index (χ0v) is 29.8. The fourth-order valence-electron chi connectivity index (χ4n) is 7.93. The monoisotopic (exact) mass is 722 g/mol. The lowest BCUT2D eigenvalue weighted by molar-refractivity contribution is 0.619. The standard InChI is InChI=1S/C48H26N4O2S/c1-2-11-28(12-3-1)48-49-43-39(54-48)23-22-38-42(43)37-25-29-20-21-30(24-31(29)26-40(37)53-38)45-50-46(35-17-8-13-27-10-4-5-14-32(27)35)52-47(51-45)36-18-9-16-34-33-15-6-7-19-41(33)55-44(34)36/h1-26H. The Morgan fingerprint density at radius 3 is 2.05 bits per heavy atom. The average Bonchev–Trinajstić information content (AvgIpc) is 3.96. The summed E-state index contributed by atoms with van der Waals surface area (Å²) in [5.74, 6) is 2.47. The second-order valence-corrected chi connectivity index (χ2v) is 14.8. The SMILES string of the molecule is c1ccc(-c2nc3c(ccc4oc5cc6cc(-c7nc(-c8cccc9ccccc89)nc(-c8cccc9c8sc8ccccc89)n7)ccc6cc5c43)o2)cc1. The van der Waals surface area contributed by atoms with E-state index in [9.17, 15) is 0 Å². The zero-order chi connectivity index (χ0) is 36.0. The fraction of sp³-hybridized carbons (Fsp3) is 0. The van der Waals surface area contributed by atoms with Gasteiger partial charge in [-0.25, -0.2) is 19.9 Å². The summed E-state index contributed by atoms with van der Waals surface area (Å²) in [6, 6.07) is 54.1. The van der Waals surface area contributed by atoms with Crippen LogP contribution in [-0.4, -0.2) is 19.9 Å². The van der Waals surface area contributed by atoms with E-state index < -0.39 is 0 Å². The maximum Gasteiger partial charge on any atom is 0.227 e. The topological polar surface area (TPSA) is 77.8 Å². The minimum atomic E-state index is 0.589. The smallest absolute Gasteiger partial charge is 0.227 e. The number of oxazole rings is 1. The summed E-state index contributed by atoms with van der Waals surface area (Å²) in [6.07, 6.45) is 0. The maximum absolute atomic E-state index is 6.47. The van der Waals surface area contributed by atoms with E-state index in [2.05, 4.69) is 115 Å². The van der Waals surface area contributed by atoms with Crippen LogP contribution in [0.3, 0.4) is 0 Å². The van der Waals surface area contributed by atoms with E-state index in [1.165, 1.54) is 15.5 Å². The summed E-state index contributed by atoms with van der Waals surface area (Å²) in [5.41, 5.74) is 6.84. The number of nitrogens with zero attached hydrogens (tertiary/aromatic N) is 4. The van der Waals surface area contributed by atoms with Crippen molar-refractivity contribution < 1.29 is 8.83 Å². The number of rotatable bonds is 4. The molecule has 0 unspecified atom stereocenters. The predicted octanol–water partition coefficient (Wildman–Crippen LogP) is 13.3. The minimum Gasteiger partial charge on any atom is -0.456 e. The molecule has 8 aromatic carbocycles. The number of furan rings is 1. The Kier molecular flexibility index (Phi) is 6.40. The molecule has 55 heavy (non-hydrogen) atoms. The van der Waals surface area contributed by atoms with Gasteiger partial charge in [-0.3, -0.25) is 0 Å². The van der Waals surface area contributed by atoms with E-state index in [1.807, 2.05) is 42.5 Å². The van der Waals surface area contributed by atoms with Crippen LogP contribution in [0.5, 0.6) is 0 Å². The van der Waals surface area contributed by atoms with Crippen molar-refractivity contribution in [3.05, 3.63) is 158 Å². The zero-order valence-electron chi connectivity index (χ0n) is 29.0. The van der Waals surface area contributed by atoms with Gasteiger partial charge in [0.05, 0.1) is 5.39 Å². The van der Waals surface area contributed by atoms with Crippen LogP contribution in [-0.2, 0) is 0 Å². The van der Waals surface area contributed by atoms with Gasteiger partial charge in [0.2, 0.25) is 5.89 Å². The van der Waals surface area contributed by atoms with Crippen molar-refractivity contribution in [1.82, 2.24) is 19.9 Å². The van der Waals surface area contributed by atoms with E-state index >= 15 is 0 Å². The molecule has 0 radical (unpaired) electrons. The number of thiophene rings is 1. The van der Waals surface area contributed by atoms with Crippen LogP contribution in [0.2, 0.25) is 0 Å². The molecule has 256 valence electrons. The summed E-state index contributed by atoms with van der Waals surface area (Å²) in [6.45, 7) is 0. The molecule has 0 bridgehead atoms. The maximum atomic E-state index is 6.47. The Morgan fingerprint density at radius 2 is 1.13 bits per heavy atom. The van der Waals surface area contributed by atoms with Crippen LogP contribution in [0.4, 0.5) is 0 Å². The summed E-state index contributed by atoms with van der Waals surface area (Å²) in [7, 11) is 0. The molecule has 0 saturated carbocycles. The molecule has 0 aliphatic rings. The summed E-state index contributed by atoms with van der Waals surface area (Å²) in [4.78, 5) is 20.5. The minimum absolute atomic E-state index is 0.589. The highest BCUT2D eigenvalue weighted by molar-refractivity contribution is 7.26. The quantitative estimate of drug-likeness (QED) is 0.180. The lowest BCUT2D eigenvalue weighted by atomic mass is 10.0. The largest absolute Gasteiger partial charge is 0.456 e. The van der Waals surface area contributed by atoms with Crippen molar-refractivity contribution >= 4 is 86.1 Å². The summed E-state index contributed by atoms with van der Waals surface area (Å²) < 4.78 is 15.1. The van der Waals surface area contributed by atoms with Crippen LogP contribution >= 0.6 is 11.3 Å². The van der Waals surface area contributed by atoms with Gasteiger partial charge in [-0.15, -0.1) is 11.3 Å². The van der Waals surface area contributed by atoms with Gasteiger partial charge in [-0.05, 0) is 76.1 Å². The Balaban J connectivity index is 1.05. The third kappa shape index (κ3) is 4.73. The van der Waals surface area contributed by atoms with E-state index in [0.717, 1.165) is 81.5 Å². The Bertz CT molecular complexity index is 3500. The highest BCUT2D eigenvalue weighted by atomic mass is 32.1. The third-order valence-electron chi connectivity index (χ3n) is 10.5. The molecular weight excluding hydrogens is 697 g/mol. The molecule has 0 aliphatic carbocycles. The summed E-state index contributed by atoms with van der Waals surface area (Å²) >= 11 is 1.77. The first-order valence-electron chi connectivity index (χ1n) is 18.1. The van der Waals surface area contributed by atoms with Crippen molar-refractivity contribution in [3.63, 3.8) is 0 Å². The van der Waals surface area contributed by atoms with E-state index in [4.69, 9.17) is 28.8 Å². The van der Waals surface area contributed by atoms with Crippen molar-refractivity contribution in [2.45, 2.75) is 0 Å². The highest BCUT2D eigenvalue weighted by Crippen LogP contribution is 2.41. The molecular formula is C48H26N4O2S.